The van der Waals surface area contributed by atoms with Crippen molar-refractivity contribution in [3.05, 3.63) is 17.8 Å². The Hall–Kier alpha value is -2.11. The molecule has 2 heterocycles. The highest BCUT2D eigenvalue weighted by molar-refractivity contribution is 6.39. The van der Waals surface area contributed by atoms with Gasteiger partial charge in [-0.3, -0.25) is 9.59 Å². The monoisotopic (exact) mass is 414 g/mol. The van der Waals surface area contributed by atoms with Crippen LogP contribution in [0.1, 0.15) is 71.8 Å². The minimum Gasteiger partial charge on any atom is -0.383 e. The Balaban J connectivity index is 1.68. The minimum atomic E-state index is -0.580. The maximum absolute atomic E-state index is 13.1. The lowest BCUT2D eigenvalue weighted by Gasteiger charge is -2.46. The van der Waals surface area contributed by atoms with E-state index in [9.17, 15) is 9.59 Å². The highest BCUT2D eigenvalue weighted by atomic mass is 16.2. The van der Waals surface area contributed by atoms with Crippen LogP contribution >= 0.6 is 0 Å². The smallest absolute Gasteiger partial charge is 0.313 e. The molecular formula is C24H38N4O2. The second kappa shape index (κ2) is 8.94. The number of likely N-dealkylation sites (tertiary alicyclic amines) is 1. The Kier molecular flexibility index (Phi) is 6.73. The van der Waals surface area contributed by atoms with Gasteiger partial charge in [-0.15, -0.1) is 0 Å². The number of pyridine rings is 1. The zero-order chi connectivity index (χ0) is 22.1. The van der Waals surface area contributed by atoms with Crippen LogP contribution in [0.3, 0.4) is 0 Å². The molecule has 1 aliphatic heterocycles. The quantitative estimate of drug-likeness (QED) is 0.703. The molecule has 3 N–H and O–H groups in total. The third-order valence-corrected chi connectivity index (χ3v) is 7.24. The summed E-state index contributed by atoms with van der Waals surface area (Å²) in [6.45, 7) is 11.6. The number of aryl methyl sites for hydroxylation is 1. The minimum absolute atomic E-state index is 0.173. The van der Waals surface area contributed by atoms with Gasteiger partial charge >= 0.3 is 11.8 Å². The first-order valence-corrected chi connectivity index (χ1v) is 11.4. The average molecular weight is 415 g/mol. The molecule has 166 valence electrons. The van der Waals surface area contributed by atoms with Gasteiger partial charge in [0.15, 0.2) is 0 Å². The van der Waals surface area contributed by atoms with Crippen LogP contribution in [0.2, 0.25) is 0 Å². The highest BCUT2D eigenvalue weighted by Gasteiger charge is 2.40. The number of carbonyl (C=O) groups excluding carboxylic acids is 2. The molecule has 2 amide bonds. The van der Waals surface area contributed by atoms with E-state index in [-0.39, 0.29) is 6.04 Å². The van der Waals surface area contributed by atoms with Crippen LogP contribution in [0.4, 0.5) is 11.5 Å². The van der Waals surface area contributed by atoms with E-state index < -0.39 is 11.8 Å². The van der Waals surface area contributed by atoms with Crippen molar-refractivity contribution >= 4 is 23.3 Å². The Morgan fingerprint density at radius 1 is 1.13 bits per heavy atom. The van der Waals surface area contributed by atoms with Crippen LogP contribution in [0.15, 0.2) is 12.3 Å². The van der Waals surface area contributed by atoms with Gasteiger partial charge in [0.1, 0.15) is 5.82 Å². The Bertz CT molecular complexity index is 778. The maximum Gasteiger partial charge on any atom is 0.313 e. The van der Waals surface area contributed by atoms with Crippen LogP contribution in [-0.4, -0.2) is 34.3 Å². The second-order valence-corrected chi connectivity index (χ2v) is 10.6. The molecule has 2 atom stereocenters. The molecule has 1 aliphatic carbocycles. The van der Waals surface area contributed by atoms with Crippen LogP contribution in [-0.2, 0) is 9.59 Å². The fraction of sp³-hybridized carbons (Fsp3) is 0.708. The van der Waals surface area contributed by atoms with Crippen LogP contribution in [0.25, 0.3) is 0 Å². The molecule has 1 aromatic heterocycles. The number of rotatable bonds is 2. The first-order chi connectivity index (χ1) is 14.1. The van der Waals surface area contributed by atoms with Crippen LogP contribution in [0.5, 0.6) is 0 Å². The summed E-state index contributed by atoms with van der Waals surface area (Å²) in [4.78, 5) is 31.8. The summed E-state index contributed by atoms with van der Waals surface area (Å²) in [7, 11) is 0. The lowest BCUT2D eigenvalue weighted by Crippen LogP contribution is -2.53. The first-order valence-electron chi connectivity index (χ1n) is 11.4. The van der Waals surface area contributed by atoms with Gasteiger partial charge in [0, 0.05) is 12.6 Å². The lowest BCUT2D eigenvalue weighted by atomic mass is 9.67. The van der Waals surface area contributed by atoms with Crippen molar-refractivity contribution < 1.29 is 9.59 Å². The van der Waals surface area contributed by atoms with Gasteiger partial charge in [-0.1, -0.05) is 27.7 Å². The van der Waals surface area contributed by atoms with E-state index in [1.165, 1.54) is 19.0 Å². The number of nitrogen functional groups attached to an aromatic ring is 1. The number of aromatic nitrogens is 1. The Morgan fingerprint density at radius 3 is 2.40 bits per heavy atom. The third-order valence-electron chi connectivity index (χ3n) is 7.24. The summed E-state index contributed by atoms with van der Waals surface area (Å²) in [5.41, 5.74) is 7.37. The molecular weight excluding hydrogens is 376 g/mol. The molecule has 0 bridgehead atoms. The van der Waals surface area contributed by atoms with Crippen molar-refractivity contribution in [2.45, 2.75) is 79.2 Å². The van der Waals surface area contributed by atoms with E-state index >= 15 is 0 Å². The number of carbonyl (C=O) groups is 2. The fourth-order valence-electron chi connectivity index (χ4n) is 5.24. The summed E-state index contributed by atoms with van der Waals surface area (Å²) in [5.74, 6) is 1.08. The molecule has 1 saturated carbocycles. The summed E-state index contributed by atoms with van der Waals surface area (Å²) in [6, 6.07) is 1.92. The van der Waals surface area contributed by atoms with Gasteiger partial charge in [0.25, 0.3) is 0 Å². The number of amides is 2. The molecule has 6 nitrogen and oxygen atoms in total. The predicted octanol–water partition coefficient (Wildman–Crippen LogP) is 4.39. The van der Waals surface area contributed by atoms with Crippen molar-refractivity contribution in [3.63, 3.8) is 0 Å². The third kappa shape index (κ3) is 5.13. The second-order valence-electron chi connectivity index (χ2n) is 10.6. The van der Waals surface area contributed by atoms with E-state index in [0.29, 0.717) is 35.3 Å². The van der Waals surface area contributed by atoms with E-state index in [4.69, 9.17) is 5.73 Å². The van der Waals surface area contributed by atoms with Crippen LogP contribution < -0.4 is 11.1 Å². The van der Waals surface area contributed by atoms with Gasteiger partial charge in [-0.25, -0.2) is 4.98 Å². The van der Waals surface area contributed by atoms with E-state index in [2.05, 4.69) is 38.0 Å². The standard InChI is InChI=1S/C24H38N4O2/c1-15-6-11-20(17-7-9-18(10-8-17)24(3,4)5)28(14-15)23(30)22(29)27-19-12-16(2)21(25)26-13-19/h12-13,15,17-18,20H,6-11,14H2,1-5H3,(H2,25,26)(H,27,29)/t15-,17?,18?,20+/m0/s1. The van der Waals surface area contributed by atoms with Crippen molar-refractivity contribution in [3.8, 4) is 0 Å². The number of hydrogen-bond acceptors (Lipinski definition) is 4. The lowest BCUT2D eigenvalue weighted by molar-refractivity contribution is -0.148. The van der Waals surface area contributed by atoms with Crippen molar-refractivity contribution in [1.29, 1.82) is 0 Å². The fourth-order valence-corrected chi connectivity index (χ4v) is 5.24. The zero-order valence-electron chi connectivity index (χ0n) is 19.2. The number of nitrogens with two attached hydrogens (primary N) is 1. The Morgan fingerprint density at radius 2 is 1.80 bits per heavy atom. The Labute approximate surface area is 181 Å². The zero-order valence-corrected chi connectivity index (χ0v) is 19.2. The van der Waals surface area contributed by atoms with E-state index in [0.717, 1.165) is 37.2 Å². The molecule has 0 aromatic carbocycles. The number of anilines is 2. The average Bonchev–Trinajstić information content (AvgIpc) is 2.69. The molecule has 3 rings (SSSR count). The molecule has 6 heteroatoms. The van der Waals surface area contributed by atoms with Crippen molar-refractivity contribution in [2.24, 2.45) is 23.2 Å². The van der Waals surface area contributed by atoms with Gasteiger partial charge in [-0.2, -0.15) is 0 Å². The normalized spacial score (nSPS) is 27.6. The predicted molar refractivity (Wildman–Crippen MR) is 121 cm³/mol. The molecule has 30 heavy (non-hydrogen) atoms. The summed E-state index contributed by atoms with van der Waals surface area (Å²) in [5, 5.41) is 2.72. The maximum atomic E-state index is 13.1. The molecule has 0 spiro atoms. The van der Waals surface area contributed by atoms with Crippen LogP contribution in [0, 0.1) is 30.1 Å². The largest absolute Gasteiger partial charge is 0.383 e. The van der Waals surface area contributed by atoms with E-state index in [1.54, 1.807) is 6.07 Å². The van der Waals surface area contributed by atoms with Gasteiger partial charge < -0.3 is 16.0 Å². The molecule has 0 unspecified atom stereocenters. The summed E-state index contributed by atoms with van der Waals surface area (Å²) < 4.78 is 0. The SMILES string of the molecule is Cc1cc(NC(=O)C(=O)N2C[C@@H](C)CC[C@@H]2C2CCC(C(C)(C)C)CC2)cnc1N. The first kappa shape index (κ1) is 22.6. The topological polar surface area (TPSA) is 88.3 Å². The summed E-state index contributed by atoms with van der Waals surface area (Å²) >= 11 is 0. The number of hydrogen-bond donors (Lipinski definition) is 2. The number of piperidine rings is 1. The van der Waals surface area contributed by atoms with Crippen molar-refractivity contribution in [2.75, 3.05) is 17.6 Å². The highest BCUT2D eigenvalue weighted by Crippen LogP contribution is 2.43. The molecule has 1 aromatic rings. The van der Waals surface area contributed by atoms with Gasteiger partial charge in [0.05, 0.1) is 11.9 Å². The van der Waals surface area contributed by atoms with Gasteiger partial charge in [-0.05, 0) is 80.2 Å². The number of nitrogens with one attached hydrogen (secondary N) is 1. The molecule has 0 radical (unpaired) electrons. The van der Waals surface area contributed by atoms with Gasteiger partial charge in [0.2, 0.25) is 0 Å². The molecule has 2 fully saturated rings. The number of nitrogens with zero attached hydrogens (tertiary/aromatic N) is 2. The summed E-state index contributed by atoms with van der Waals surface area (Å²) in [6.07, 6.45) is 8.33. The van der Waals surface area contributed by atoms with E-state index in [1.807, 2.05) is 11.8 Å². The molecule has 2 aliphatic rings. The van der Waals surface area contributed by atoms with Crippen molar-refractivity contribution in [1.82, 2.24) is 9.88 Å². The molecule has 1 saturated heterocycles.